The summed E-state index contributed by atoms with van der Waals surface area (Å²) in [6, 6.07) is 5.03. The van der Waals surface area contributed by atoms with Gasteiger partial charge in [0.05, 0.1) is 16.5 Å². The van der Waals surface area contributed by atoms with Crippen LogP contribution in [0.4, 0.5) is 10.5 Å². The third-order valence-corrected chi connectivity index (χ3v) is 4.19. The van der Waals surface area contributed by atoms with Crippen molar-refractivity contribution >= 4 is 39.1 Å². The van der Waals surface area contributed by atoms with Gasteiger partial charge in [0, 0.05) is 6.26 Å². The van der Waals surface area contributed by atoms with Gasteiger partial charge in [-0.3, -0.25) is 4.79 Å². The van der Waals surface area contributed by atoms with Crippen molar-refractivity contribution in [2.45, 2.75) is 12.5 Å². The number of carbonyl (C=O) groups excluding carboxylic acids is 2. The van der Waals surface area contributed by atoms with Gasteiger partial charge in [-0.15, -0.1) is 0 Å². The Morgan fingerprint density at radius 2 is 1.95 bits per heavy atom. The Kier molecular flexibility index (Phi) is 4.01. The molecule has 6 nitrogen and oxygen atoms in total. The molecule has 1 saturated heterocycles. The third kappa shape index (κ3) is 3.10. The summed E-state index contributed by atoms with van der Waals surface area (Å²) in [6.45, 7) is 0. The summed E-state index contributed by atoms with van der Waals surface area (Å²) in [6.07, 6.45) is 1.13. The number of hydrogen-bond acceptors (Lipinski definition) is 4. The SMILES string of the molecule is CS(=O)(=O)CCC1NC(=O)N(c2ccccc2Cl)C1=O. The van der Waals surface area contributed by atoms with E-state index in [2.05, 4.69) is 5.32 Å². The Balaban J connectivity index is 2.20. The second-order valence-corrected chi connectivity index (χ2v) is 7.21. The van der Waals surface area contributed by atoms with Crippen molar-refractivity contribution in [2.75, 3.05) is 16.9 Å². The zero-order valence-electron chi connectivity index (χ0n) is 10.7. The number of urea groups is 1. The first-order valence-electron chi connectivity index (χ1n) is 5.86. The standard InChI is InChI=1S/C12H13ClN2O4S/c1-20(18,19)7-6-9-11(16)15(12(17)14-9)10-5-3-2-4-8(10)13/h2-5,9H,6-7H2,1H3,(H,14,17). The highest BCUT2D eigenvalue weighted by Gasteiger charge is 2.39. The van der Waals surface area contributed by atoms with E-state index in [9.17, 15) is 18.0 Å². The number of benzene rings is 1. The van der Waals surface area contributed by atoms with Crippen LogP contribution in [0.2, 0.25) is 5.02 Å². The molecule has 3 amide bonds. The molecule has 1 unspecified atom stereocenters. The summed E-state index contributed by atoms with van der Waals surface area (Å²) < 4.78 is 22.2. The minimum atomic E-state index is -3.19. The van der Waals surface area contributed by atoms with Gasteiger partial charge >= 0.3 is 6.03 Å². The summed E-state index contributed by atoms with van der Waals surface area (Å²) in [5, 5.41) is 2.74. The van der Waals surface area contributed by atoms with E-state index < -0.39 is 27.8 Å². The van der Waals surface area contributed by atoms with E-state index in [0.29, 0.717) is 5.69 Å². The van der Waals surface area contributed by atoms with Crippen molar-refractivity contribution in [1.82, 2.24) is 5.32 Å². The molecule has 0 aromatic heterocycles. The number of anilines is 1. The van der Waals surface area contributed by atoms with Crippen LogP contribution in [0.3, 0.4) is 0 Å². The average Bonchev–Trinajstić information content (AvgIpc) is 2.62. The van der Waals surface area contributed by atoms with Crippen molar-refractivity contribution in [3.05, 3.63) is 29.3 Å². The zero-order chi connectivity index (χ0) is 14.9. The van der Waals surface area contributed by atoms with E-state index in [0.717, 1.165) is 11.2 Å². The molecule has 20 heavy (non-hydrogen) atoms. The van der Waals surface area contributed by atoms with Crippen molar-refractivity contribution in [3.63, 3.8) is 0 Å². The van der Waals surface area contributed by atoms with Gasteiger partial charge in [-0.25, -0.2) is 18.1 Å². The Morgan fingerprint density at radius 1 is 1.30 bits per heavy atom. The summed E-state index contributed by atoms with van der Waals surface area (Å²) in [7, 11) is -3.19. The van der Waals surface area contributed by atoms with Crippen molar-refractivity contribution in [1.29, 1.82) is 0 Å². The van der Waals surface area contributed by atoms with Gasteiger partial charge < -0.3 is 5.32 Å². The van der Waals surface area contributed by atoms with Gasteiger partial charge in [-0.2, -0.15) is 0 Å². The molecule has 108 valence electrons. The van der Waals surface area contributed by atoms with Crippen LogP contribution in [-0.4, -0.2) is 38.4 Å². The maximum absolute atomic E-state index is 12.2. The lowest BCUT2D eigenvalue weighted by atomic mass is 10.2. The predicted octanol–water partition coefficient (Wildman–Crippen LogP) is 1.20. The first-order chi connectivity index (χ1) is 9.29. The molecular formula is C12H13ClN2O4S. The number of nitrogens with one attached hydrogen (secondary N) is 1. The smallest absolute Gasteiger partial charge is 0.325 e. The van der Waals surface area contributed by atoms with E-state index in [1.165, 1.54) is 0 Å². The minimum absolute atomic E-state index is 0.0460. The molecule has 2 rings (SSSR count). The zero-order valence-corrected chi connectivity index (χ0v) is 12.2. The van der Waals surface area contributed by atoms with Gasteiger partial charge in [-0.05, 0) is 18.6 Å². The fourth-order valence-corrected chi connectivity index (χ4v) is 2.80. The summed E-state index contributed by atoms with van der Waals surface area (Å²) in [4.78, 5) is 25.0. The van der Waals surface area contributed by atoms with E-state index in [1.807, 2.05) is 0 Å². The van der Waals surface area contributed by atoms with Gasteiger partial charge in [-0.1, -0.05) is 23.7 Å². The number of halogens is 1. The second kappa shape index (κ2) is 5.41. The molecule has 0 aliphatic carbocycles. The summed E-state index contributed by atoms with van der Waals surface area (Å²) >= 11 is 5.96. The molecule has 1 aromatic carbocycles. The molecule has 8 heteroatoms. The number of imide groups is 1. The lowest BCUT2D eigenvalue weighted by Gasteiger charge is -2.14. The fraction of sp³-hybridized carbons (Fsp3) is 0.333. The van der Waals surface area contributed by atoms with Crippen molar-refractivity contribution < 1.29 is 18.0 Å². The number of rotatable bonds is 4. The third-order valence-electron chi connectivity index (χ3n) is 2.89. The molecular weight excluding hydrogens is 304 g/mol. The Morgan fingerprint density at radius 3 is 2.55 bits per heavy atom. The molecule has 1 aliphatic heterocycles. The van der Waals surface area contributed by atoms with Crippen LogP contribution < -0.4 is 10.2 Å². The molecule has 0 radical (unpaired) electrons. The normalized spacial score (nSPS) is 19.3. The maximum Gasteiger partial charge on any atom is 0.329 e. The predicted molar refractivity (Wildman–Crippen MR) is 75.6 cm³/mol. The molecule has 1 heterocycles. The number of sulfone groups is 1. The molecule has 0 bridgehead atoms. The van der Waals surface area contributed by atoms with Crippen LogP contribution in [0.5, 0.6) is 0 Å². The molecule has 1 atom stereocenters. The lowest BCUT2D eigenvalue weighted by Crippen LogP contribution is -2.32. The van der Waals surface area contributed by atoms with E-state index in [4.69, 9.17) is 11.6 Å². The minimum Gasteiger partial charge on any atom is -0.325 e. The Bertz CT molecular complexity index is 659. The van der Waals surface area contributed by atoms with Crippen molar-refractivity contribution in [3.8, 4) is 0 Å². The molecule has 1 fully saturated rings. The van der Waals surface area contributed by atoms with Crippen LogP contribution in [0.1, 0.15) is 6.42 Å². The van der Waals surface area contributed by atoms with Crippen molar-refractivity contribution in [2.24, 2.45) is 0 Å². The highest BCUT2D eigenvalue weighted by atomic mass is 35.5. The highest BCUT2D eigenvalue weighted by molar-refractivity contribution is 7.90. The van der Waals surface area contributed by atoms with Gasteiger partial charge in [0.25, 0.3) is 5.91 Å². The number of carbonyl (C=O) groups is 2. The number of amides is 3. The Labute approximate surface area is 121 Å². The van der Waals surface area contributed by atoms with Crippen LogP contribution in [-0.2, 0) is 14.6 Å². The largest absolute Gasteiger partial charge is 0.329 e. The average molecular weight is 317 g/mol. The maximum atomic E-state index is 12.2. The van der Waals surface area contributed by atoms with E-state index >= 15 is 0 Å². The highest BCUT2D eigenvalue weighted by Crippen LogP contribution is 2.28. The van der Waals surface area contributed by atoms with Crippen LogP contribution >= 0.6 is 11.6 Å². The van der Waals surface area contributed by atoms with Crippen LogP contribution in [0, 0.1) is 0 Å². The number of para-hydroxylation sites is 1. The summed E-state index contributed by atoms with van der Waals surface area (Å²) in [5.74, 6) is -0.660. The second-order valence-electron chi connectivity index (χ2n) is 4.55. The summed E-state index contributed by atoms with van der Waals surface area (Å²) in [5.41, 5.74) is 0.290. The van der Waals surface area contributed by atoms with Crippen LogP contribution in [0.25, 0.3) is 0 Å². The molecule has 1 aromatic rings. The molecule has 0 spiro atoms. The monoisotopic (exact) mass is 316 g/mol. The number of hydrogen-bond donors (Lipinski definition) is 1. The first kappa shape index (κ1) is 14.8. The molecule has 0 saturated carbocycles. The van der Waals surface area contributed by atoms with Gasteiger partial charge in [0.2, 0.25) is 0 Å². The van der Waals surface area contributed by atoms with E-state index in [-0.39, 0.29) is 17.2 Å². The first-order valence-corrected chi connectivity index (χ1v) is 8.30. The Hall–Kier alpha value is -1.60. The molecule has 1 N–H and O–H groups in total. The quantitative estimate of drug-likeness (QED) is 0.846. The van der Waals surface area contributed by atoms with Gasteiger partial charge in [0.1, 0.15) is 15.9 Å². The lowest BCUT2D eigenvalue weighted by molar-refractivity contribution is -0.118. The topological polar surface area (TPSA) is 83.6 Å². The molecule has 1 aliphatic rings. The number of nitrogens with zero attached hydrogens (tertiary/aromatic N) is 1. The van der Waals surface area contributed by atoms with Gasteiger partial charge in [0.15, 0.2) is 0 Å². The van der Waals surface area contributed by atoms with Crippen LogP contribution in [0.15, 0.2) is 24.3 Å². The fourth-order valence-electron chi connectivity index (χ4n) is 1.92. The van der Waals surface area contributed by atoms with E-state index in [1.54, 1.807) is 24.3 Å².